The van der Waals surface area contributed by atoms with Gasteiger partial charge in [0.1, 0.15) is 9.32 Å². The van der Waals surface area contributed by atoms with Crippen LogP contribution in [0.1, 0.15) is 10.4 Å². The van der Waals surface area contributed by atoms with Gasteiger partial charge in [0, 0.05) is 16.5 Å². The number of hydrogen-bond acceptors (Lipinski definition) is 5. The van der Waals surface area contributed by atoms with Crippen molar-refractivity contribution >= 4 is 107 Å². The van der Waals surface area contributed by atoms with Crippen LogP contribution in [0.5, 0.6) is 5.75 Å². The normalized spacial score (nSPS) is 11.2. The molecule has 2 aromatic rings. The van der Waals surface area contributed by atoms with Crippen LogP contribution in [0.4, 0.5) is 0 Å². The molecule has 0 amide bonds. The summed E-state index contributed by atoms with van der Waals surface area (Å²) in [5.74, 6) is 0.0734. The van der Waals surface area contributed by atoms with E-state index in [4.69, 9.17) is 9.15 Å². The Morgan fingerprint density at radius 1 is 1.00 bits per heavy atom. The molecule has 0 spiro atoms. The predicted octanol–water partition coefficient (Wildman–Crippen LogP) is 6.48. The van der Waals surface area contributed by atoms with Crippen LogP contribution in [-0.2, 0) is 4.74 Å². The van der Waals surface area contributed by atoms with E-state index < -0.39 is 5.97 Å². The summed E-state index contributed by atoms with van der Waals surface area (Å²) in [4.78, 5) is 25.1. The third-order valence-electron chi connectivity index (χ3n) is 4.62. The summed E-state index contributed by atoms with van der Waals surface area (Å²) >= 11 is 8.09. The van der Waals surface area contributed by atoms with E-state index in [-0.39, 0.29) is 11.2 Å². The molecule has 152 valence electrons. The zero-order valence-corrected chi connectivity index (χ0v) is 23.7. The third-order valence-corrected chi connectivity index (χ3v) is 8.23. The van der Waals surface area contributed by atoms with E-state index in [0.29, 0.717) is 42.3 Å². The zero-order chi connectivity index (χ0) is 21.7. The predicted molar refractivity (Wildman–Crippen MR) is 148 cm³/mol. The highest BCUT2D eigenvalue weighted by molar-refractivity contribution is 14.1. The van der Waals surface area contributed by atoms with Crippen molar-refractivity contribution in [3.63, 3.8) is 0 Å². The number of benzene rings is 3. The van der Waals surface area contributed by atoms with Crippen molar-refractivity contribution in [1.82, 2.24) is 0 Å². The number of esters is 1. The lowest BCUT2D eigenvalue weighted by molar-refractivity contribution is 0.0601. The van der Waals surface area contributed by atoms with Crippen molar-refractivity contribution < 1.29 is 19.1 Å². The van der Waals surface area contributed by atoms with Gasteiger partial charge in [-0.3, -0.25) is 4.79 Å². The number of hydrogen-bond donors (Lipinski definition) is 1. The molecule has 1 aliphatic heterocycles. The fraction of sp³-hybridized carbons (Fsp3) is 0.0476. The third kappa shape index (κ3) is 3.62. The van der Waals surface area contributed by atoms with Crippen LogP contribution >= 0.6 is 90.4 Å². The minimum atomic E-state index is -0.458. The molecule has 1 heterocycles. The van der Waals surface area contributed by atoms with Crippen LogP contribution < -0.4 is 5.43 Å². The molecule has 0 unspecified atom stereocenters. The molecule has 0 saturated carbocycles. The number of phenolic OH excluding ortho intramolecular Hbond substituents is 1. The second-order valence-corrected chi connectivity index (χ2v) is 10.8. The van der Waals surface area contributed by atoms with E-state index in [9.17, 15) is 14.7 Å². The molecule has 4 rings (SSSR count). The molecule has 0 fully saturated rings. The number of rotatable bonds is 2. The minimum absolute atomic E-state index is 0.113. The Morgan fingerprint density at radius 2 is 1.70 bits per heavy atom. The van der Waals surface area contributed by atoms with Crippen molar-refractivity contribution in [1.29, 1.82) is 0 Å². The molecule has 0 saturated heterocycles. The molecule has 0 atom stereocenters. The van der Waals surface area contributed by atoms with Crippen molar-refractivity contribution in [3.8, 4) is 28.2 Å². The van der Waals surface area contributed by atoms with Gasteiger partial charge in [0.15, 0.2) is 11.3 Å². The lowest BCUT2D eigenvalue weighted by Crippen LogP contribution is -2.12. The van der Waals surface area contributed by atoms with E-state index in [0.717, 1.165) is 10.9 Å². The minimum Gasteiger partial charge on any atom is -0.506 e. The van der Waals surface area contributed by atoms with Crippen LogP contribution in [0.2, 0.25) is 0 Å². The maximum Gasteiger partial charge on any atom is 0.338 e. The second-order valence-electron chi connectivity index (χ2n) is 6.29. The standard InChI is InChI=1S/C21H10I4O5/c1-29-21(28)9-5-3-2-4-8(9)14-10-6-12(22)17(26)15(24)19(10)30-20-11(14)7-13(23)18(27)16(20)25/h2-7,26H,1H3. The molecule has 9 heteroatoms. The van der Waals surface area contributed by atoms with Gasteiger partial charge in [-0.2, -0.15) is 0 Å². The van der Waals surface area contributed by atoms with Crippen molar-refractivity contribution in [3.05, 3.63) is 66.5 Å². The monoisotopic (exact) mass is 850 g/mol. The summed E-state index contributed by atoms with van der Waals surface area (Å²) in [5, 5.41) is 11.2. The van der Waals surface area contributed by atoms with Gasteiger partial charge in [0.25, 0.3) is 0 Å². The molecule has 30 heavy (non-hydrogen) atoms. The molecule has 1 N–H and O–H groups in total. The fourth-order valence-electron chi connectivity index (χ4n) is 3.27. The first-order valence-corrected chi connectivity index (χ1v) is 12.7. The highest BCUT2D eigenvalue weighted by Crippen LogP contribution is 2.46. The first-order chi connectivity index (χ1) is 14.3. The first kappa shape index (κ1) is 22.5. The smallest absolute Gasteiger partial charge is 0.338 e. The largest absolute Gasteiger partial charge is 0.506 e. The molecule has 1 aliphatic carbocycles. The Labute approximate surface area is 225 Å². The van der Waals surface area contributed by atoms with Gasteiger partial charge in [-0.15, -0.1) is 0 Å². The lowest BCUT2D eigenvalue weighted by atomic mass is 9.91. The number of halogens is 4. The van der Waals surface area contributed by atoms with E-state index in [1.54, 1.807) is 18.2 Å². The highest BCUT2D eigenvalue weighted by Gasteiger charge is 2.27. The van der Waals surface area contributed by atoms with Gasteiger partial charge in [0.05, 0.1) is 23.4 Å². The average molecular weight is 850 g/mol. The van der Waals surface area contributed by atoms with E-state index in [1.807, 2.05) is 86.0 Å². The van der Waals surface area contributed by atoms with Gasteiger partial charge in [0.2, 0.25) is 5.43 Å². The summed E-state index contributed by atoms with van der Waals surface area (Å²) in [6, 6.07) is 10.8. The van der Waals surface area contributed by atoms with Gasteiger partial charge in [-0.05, 0) is 114 Å². The summed E-state index contributed by atoms with van der Waals surface area (Å²) in [5.41, 5.74) is 2.86. The Hall–Kier alpha value is -0.680. The summed E-state index contributed by atoms with van der Waals surface area (Å²) in [7, 11) is 1.34. The summed E-state index contributed by atoms with van der Waals surface area (Å²) in [6.07, 6.45) is 0. The fourth-order valence-corrected chi connectivity index (χ4v) is 6.85. The number of carbonyl (C=O) groups excluding carboxylic acids is 1. The number of methoxy groups -OCH3 is 1. The maximum atomic E-state index is 12.6. The summed E-state index contributed by atoms with van der Waals surface area (Å²) in [6.45, 7) is 0. The number of ether oxygens (including phenoxy) is 1. The molecule has 2 aliphatic rings. The molecule has 0 bridgehead atoms. The van der Waals surface area contributed by atoms with Crippen LogP contribution in [0.25, 0.3) is 33.4 Å². The van der Waals surface area contributed by atoms with Crippen LogP contribution in [-0.4, -0.2) is 18.2 Å². The molecule has 0 aromatic heterocycles. The van der Waals surface area contributed by atoms with Gasteiger partial charge < -0.3 is 14.3 Å². The Morgan fingerprint density at radius 3 is 2.40 bits per heavy atom. The number of carbonyl (C=O) groups is 1. The number of phenols is 1. The zero-order valence-electron chi connectivity index (χ0n) is 15.1. The van der Waals surface area contributed by atoms with Crippen molar-refractivity contribution in [2.45, 2.75) is 0 Å². The topological polar surface area (TPSA) is 76.7 Å². The Balaban J connectivity index is 2.31. The number of fused-ring (bicyclic) bond motifs is 2. The first-order valence-electron chi connectivity index (χ1n) is 8.39. The van der Waals surface area contributed by atoms with Gasteiger partial charge in [-0.25, -0.2) is 4.79 Å². The highest BCUT2D eigenvalue weighted by atomic mass is 127. The van der Waals surface area contributed by atoms with E-state index in [2.05, 4.69) is 22.6 Å². The SMILES string of the molecule is COC(=O)c1ccccc1-c1c2cc(I)c(=O)c(I)c-2oc2c(I)c(O)c(I)cc12. The molecule has 2 aromatic carbocycles. The average Bonchev–Trinajstić information content (AvgIpc) is 2.75. The summed E-state index contributed by atoms with van der Waals surface area (Å²) < 4.78 is 13.4. The van der Waals surface area contributed by atoms with E-state index in [1.165, 1.54) is 7.11 Å². The lowest BCUT2D eigenvalue weighted by Gasteiger charge is -2.19. The molecule has 0 radical (unpaired) electrons. The quantitative estimate of drug-likeness (QED) is 0.142. The van der Waals surface area contributed by atoms with Gasteiger partial charge >= 0.3 is 5.97 Å². The molecular formula is C21H10I4O5. The Bertz CT molecular complexity index is 1380. The van der Waals surface area contributed by atoms with Gasteiger partial charge in [-0.1, -0.05) is 18.2 Å². The molecular weight excluding hydrogens is 840 g/mol. The van der Waals surface area contributed by atoms with Crippen LogP contribution in [0, 0.1) is 14.3 Å². The van der Waals surface area contributed by atoms with E-state index >= 15 is 0 Å². The second kappa shape index (κ2) is 8.69. The van der Waals surface area contributed by atoms with Crippen LogP contribution in [0.15, 0.2) is 45.6 Å². The van der Waals surface area contributed by atoms with Crippen LogP contribution in [0.3, 0.4) is 0 Å². The van der Waals surface area contributed by atoms with Crippen molar-refractivity contribution in [2.75, 3.05) is 7.11 Å². The number of aromatic hydroxyl groups is 1. The Kier molecular flexibility index (Phi) is 6.52. The van der Waals surface area contributed by atoms with Crippen molar-refractivity contribution in [2.24, 2.45) is 0 Å². The maximum absolute atomic E-state index is 12.6. The molecule has 5 nitrogen and oxygen atoms in total.